The predicted octanol–water partition coefficient (Wildman–Crippen LogP) is 11.4. The van der Waals surface area contributed by atoms with E-state index in [4.69, 9.17) is 15.0 Å². The molecular weight excluding hydrogens is 649 g/mol. The van der Waals surface area contributed by atoms with Crippen LogP contribution in [0, 0.1) is 0 Å². The molecule has 246 valence electrons. The quantitative estimate of drug-likeness (QED) is 0.187. The van der Waals surface area contributed by atoms with Gasteiger partial charge in [0, 0.05) is 43.6 Å². The first-order valence-electron chi connectivity index (χ1n) is 17.9. The minimum atomic E-state index is 0.649. The Kier molecular flexibility index (Phi) is 5.68. The molecule has 12 rings (SSSR count). The molecule has 6 heteroatoms. The molecule has 5 heterocycles. The molecule has 0 saturated carbocycles. The first kappa shape index (κ1) is 28.4. The van der Waals surface area contributed by atoms with Gasteiger partial charge in [-0.1, -0.05) is 121 Å². The van der Waals surface area contributed by atoms with Crippen molar-refractivity contribution in [2.24, 2.45) is 0 Å². The van der Waals surface area contributed by atoms with Crippen LogP contribution >= 0.6 is 0 Å². The van der Waals surface area contributed by atoms with E-state index in [0.29, 0.717) is 5.95 Å². The maximum Gasteiger partial charge on any atom is 0.235 e. The van der Waals surface area contributed by atoms with Crippen LogP contribution in [0.3, 0.4) is 0 Å². The van der Waals surface area contributed by atoms with Crippen LogP contribution in [-0.4, -0.2) is 28.5 Å². The summed E-state index contributed by atoms with van der Waals surface area (Å²) < 4.78 is 6.99. The molecule has 0 atom stereocenters. The maximum absolute atomic E-state index is 5.29. The standard InChI is InChI=1S/C47H28N6/c1-2-14-29(15-3-1)44-34-19-6-9-21-37(34)49-47(50-44)52-39-23-11-7-16-31(39)36-28-30(26-27-41(36)52)51-40-24-12-8-20-35(40)43-32-17-4-5-18-33(32)45-48-38-22-10-13-25-42(38)53(45)46(43)51/h1-28H. The number of imidazole rings is 1. The Bertz CT molecular complexity index is 3460. The van der Waals surface area contributed by atoms with Crippen molar-refractivity contribution in [3.8, 4) is 22.9 Å². The van der Waals surface area contributed by atoms with E-state index in [1.54, 1.807) is 0 Å². The van der Waals surface area contributed by atoms with Gasteiger partial charge in [0.05, 0.1) is 38.8 Å². The van der Waals surface area contributed by atoms with E-state index in [-0.39, 0.29) is 0 Å². The molecule has 0 aliphatic carbocycles. The van der Waals surface area contributed by atoms with Gasteiger partial charge in [0.15, 0.2) is 0 Å². The van der Waals surface area contributed by atoms with Gasteiger partial charge in [0.2, 0.25) is 5.95 Å². The van der Waals surface area contributed by atoms with Gasteiger partial charge in [-0.2, -0.15) is 0 Å². The highest BCUT2D eigenvalue weighted by Crippen LogP contribution is 2.41. The van der Waals surface area contributed by atoms with Gasteiger partial charge < -0.3 is 0 Å². The fraction of sp³-hybridized carbons (Fsp3) is 0. The summed E-state index contributed by atoms with van der Waals surface area (Å²) in [7, 11) is 0. The van der Waals surface area contributed by atoms with Crippen molar-refractivity contribution in [1.29, 1.82) is 0 Å². The van der Waals surface area contributed by atoms with Gasteiger partial charge in [-0.25, -0.2) is 15.0 Å². The van der Waals surface area contributed by atoms with Crippen LogP contribution in [0.2, 0.25) is 0 Å². The van der Waals surface area contributed by atoms with Crippen LogP contribution in [0.1, 0.15) is 0 Å². The Labute approximate surface area is 302 Å². The van der Waals surface area contributed by atoms with Gasteiger partial charge in [-0.15, -0.1) is 0 Å². The summed E-state index contributed by atoms with van der Waals surface area (Å²) in [4.78, 5) is 15.7. The molecule has 0 bridgehead atoms. The average Bonchev–Trinajstić information content (AvgIpc) is 3.89. The molecule has 0 N–H and O–H groups in total. The number of hydrogen-bond donors (Lipinski definition) is 0. The third kappa shape index (κ3) is 3.89. The van der Waals surface area contributed by atoms with Crippen molar-refractivity contribution in [1.82, 2.24) is 28.5 Å². The average molecular weight is 677 g/mol. The highest BCUT2D eigenvalue weighted by atomic mass is 15.2. The first-order valence-corrected chi connectivity index (χ1v) is 17.9. The van der Waals surface area contributed by atoms with Crippen molar-refractivity contribution in [2.75, 3.05) is 0 Å². The topological polar surface area (TPSA) is 52.9 Å². The lowest BCUT2D eigenvalue weighted by Crippen LogP contribution is -2.03. The second-order valence-electron chi connectivity index (χ2n) is 13.7. The van der Waals surface area contributed by atoms with E-state index >= 15 is 0 Å². The first-order chi connectivity index (χ1) is 26.3. The zero-order chi connectivity index (χ0) is 34.6. The van der Waals surface area contributed by atoms with E-state index in [9.17, 15) is 0 Å². The molecule has 0 spiro atoms. The minimum absolute atomic E-state index is 0.649. The monoisotopic (exact) mass is 676 g/mol. The number of nitrogens with zero attached hydrogens (tertiary/aromatic N) is 6. The van der Waals surface area contributed by atoms with Gasteiger partial charge >= 0.3 is 0 Å². The normalized spacial score (nSPS) is 12.2. The SMILES string of the molecule is c1ccc(-c2nc(-n3c4ccccc4c4cc(-n5c6ccccc6c6c7ccccc7c7nc8ccccc8n7c65)ccc43)nc3ccccc23)cc1. The van der Waals surface area contributed by atoms with E-state index < -0.39 is 0 Å². The molecule has 7 aromatic carbocycles. The van der Waals surface area contributed by atoms with Gasteiger partial charge in [-0.3, -0.25) is 13.5 Å². The summed E-state index contributed by atoms with van der Waals surface area (Å²) in [5, 5.41) is 8.07. The van der Waals surface area contributed by atoms with Crippen LogP contribution in [0.15, 0.2) is 170 Å². The second kappa shape index (κ2) is 10.6. The largest absolute Gasteiger partial charge is 0.295 e. The van der Waals surface area contributed by atoms with Crippen molar-refractivity contribution in [3.63, 3.8) is 0 Å². The summed E-state index contributed by atoms with van der Waals surface area (Å²) >= 11 is 0. The number of benzene rings is 7. The minimum Gasteiger partial charge on any atom is -0.295 e. The molecular formula is C47H28N6. The molecule has 5 aromatic heterocycles. The smallest absolute Gasteiger partial charge is 0.235 e. The lowest BCUT2D eigenvalue weighted by atomic mass is 10.1. The van der Waals surface area contributed by atoms with Gasteiger partial charge in [0.1, 0.15) is 11.3 Å². The molecule has 0 radical (unpaired) electrons. The molecule has 53 heavy (non-hydrogen) atoms. The van der Waals surface area contributed by atoms with Crippen LogP contribution in [0.4, 0.5) is 0 Å². The third-order valence-corrected chi connectivity index (χ3v) is 10.8. The van der Waals surface area contributed by atoms with E-state index in [2.05, 4.69) is 171 Å². The Morgan fingerprint density at radius 3 is 1.79 bits per heavy atom. The highest BCUT2D eigenvalue weighted by Gasteiger charge is 2.23. The summed E-state index contributed by atoms with van der Waals surface area (Å²) in [5.41, 5.74) is 11.3. The zero-order valence-corrected chi connectivity index (χ0v) is 28.3. The molecule has 12 aromatic rings. The fourth-order valence-corrected chi connectivity index (χ4v) is 8.58. The zero-order valence-electron chi connectivity index (χ0n) is 28.3. The Hall–Kier alpha value is -7.31. The van der Waals surface area contributed by atoms with Crippen molar-refractivity contribution < 1.29 is 0 Å². The second-order valence-corrected chi connectivity index (χ2v) is 13.7. The number of hydrogen-bond acceptors (Lipinski definition) is 3. The predicted molar refractivity (Wildman–Crippen MR) is 217 cm³/mol. The maximum atomic E-state index is 5.29. The van der Waals surface area contributed by atoms with E-state index in [0.717, 1.165) is 82.9 Å². The molecule has 0 fully saturated rings. The van der Waals surface area contributed by atoms with Gasteiger partial charge in [-0.05, 0) is 53.9 Å². The van der Waals surface area contributed by atoms with Crippen molar-refractivity contribution in [2.45, 2.75) is 0 Å². The van der Waals surface area contributed by atoms with E-state index in [1.807, 2.05) is 12.1 Å². The summed E-state index contributed by atoms with van der Waals surface area (Å²) in [5.74, 6) is 0.649. The van der Waals surface area contributed by atoms with Crippen molar-refractivity contribution in [3.05, 3.63) is 170 Å². The molecule has 0 amide bonds. The summed E-state index contributed by atoms with van der Waals surface area (Å²) in [6.45, 7) is 0. The lowest BCUT2D eigenvalue weighted by Gasteiger charge is -2.13. The Morgan fingerprint density at radius 1 is 0.377 bits per heavy atom. The molecule has 0 aliphatic heterocycles. The molecule has 0 saturated heterocycles. The van der Waals surface area contributed by atoms with Gasteiger partial charge in [0.25, 0.3) is 0 Å². The molecule has 6 nitrogen and oxygen atoms in total. The number of fused-ring (bicyclic) bond motifs is 14. The third-order valence-electron chi connectivity index (χ3n) is 10.8. The summed E-state index contributed by atoms with van der Waals surface area (Å²) in [6.07, 6.45) is 0. The summed E-state index contributed by atoms with van der Waals surface area (Å²) in [6, 6.07) is 59.9. The number of aromatic nitrogens is 6. The van der Waals surface area contributed by atoms with Crippen LogP contribution in [0.5, 0.6) is 0 Å². The van der Waals surface area contributed by atoms with Crippen LogP contribution in [-0.2, 0) is 0 Å². The van der Waals surface area contributed by atoms with Crippen LogP contribution in [0.25, 0.3) is 105 Å². The lowest BCUT2D eigenvalue weighted by molar-refractivity contribution is 1.01. The number of pyridine rings is 1. The van der Waals surface area contributed by atoms with Crippen molar-refractivity contribution >= 4 is 82.1 Å². The van der Waals surface area contributed by atoms with Crippen LogP contribution < -0.4 is 0 Å². The molecule has 0 unspecified atom stereocenters. The number of para-hydroxylation sites is 5. The molecule has 0 aliphatic rings. The fourth-order valence-electron chi connectivity index (χ4n) is 8.58. The highest BCUT2D eigenvalue weighted by molar-refractivity contribution is 6.24. The Balaban J connectivity index is 1.20. The van der Waals surface area contributed by atoms with E-state index in [1.165, 1.54) is 16.2 Å². The Morgan fingerprint density at radius 2 is 0.981 bits per heavy atom. The number of rotatable bonds is 3.